The van der Waals surface area contributed by atoms with Gasteiger partial charge in [0, 0.05) is 25.4 Å². The van der Waals surface area contributed by atoms with Gasteiger partial charge in [-0.1, -0.05) is 0 Å². The third-order valence-electron chi connectivity index (χ3n) is 3.25. The summed E-state index contributed by atoms with van der Waals surface area (Å²) in [5.41, 5.74) is 1.97. The molecule has 0 amide bonds. The number of aryl methyl sites for hydroxylation is 2. The second-order valence-corrected chi connectivity index (χ2v) is 5.51. The second-order valence-electron chi connectivity index (χ2n) is 4.86. The maximum absolute atomic E-state index is 13.7. The van der Waals surface area contributed by atoms with Crippen molar-refractivity contribution in [3.05, 3.63) is 41.6 Å². The maximum Gasteiger partial charge on any atom is 0.160 e. The van der Waals surface area contributed by atoms with E-state index in [9.17, 15) is 4.39 Å². The minimum atomic E-state index is -0.298. The van der Waals surface area contributed by atoms with Gasteiger partial charge in [-0.25, -0.2) is 9.37 Å². The van der Waals surface area contributed by atoms with Crippen molar-refractivity contribution in [3.8, 4) is 5.82 Å². The number of benzene rings is 1. The van der Waals surface area contributed by atoms with Gasteiger partial charge in [0.15, 0.2) is 5.82 Å². The van der Waals surface area contributed by atoms with Crippen molar-refractivity contribution < 1.29 is 4.39 Å². The van der Waals surface area contributed by atoms with Gasteiger partial charge in [0.25, 0.3) is 0 Å². The summed E-state index contributed by atoms with van der Waals surface area (Å²) in [7, 11) is 1.84. The van der Waals surface area contributed by atoms with Crippen LogP contribution in [0.1, 0.15) is 23.7 Å². The standard InChI is InChI=1S/C14H14ClFN4/c1-8-6-12-11(7-10(8)16)17-14(9(2)15)20(12)13-4-5-19(3)18-13/h4-7,9H,1-3H3. The van der Waals surface area contributed by atoms with E-state index in [0.717, 1.165) is 11.3 Å². The molecule has 1 atom stereocenters. The lowest BCUT2D eigenvalue weighted by Gasteiger charge is -2.07. The Labute approximate surface area is 120 Å². The van der Waals surface area contributed by atoms with E-state index in [1.54, 1.807) is 17.7 Å². The Morgan fingerprint density at radius 2 is 2.10 bits per heavy atom. The van der Waals surface area contributed by atoms with Gasteiger partial charge < -0.3 is 0 Å². The summed E-state index contributed by atoms with van der Waals surface area (Å²) in [6.45, 7) is 3.57. The summed E-state index contributed by atoms with van der Waals surface area (Å²) in [6, 6.07) is 5.09. The molecule has 0 aliphatic rings. The van der Waals surface area contributed by atoms with Crippen molar-refractivity contribution in [3.63, 3.8) is 0 Å². The molecule has 0 aliphatic carbocycles. The van der Waals surface area contributed by atoms with Crippen molar-refractivity contribution in [2.75, 3.05) is 0 Å². The largest absolute Gasteiger partial charge is 0.278 e. The van der Waals surface area contributed by atoms with Crippen LogP contribution in [0, 0.1) is 12.7 Å². The van der Waals surface area contributed by atoms with Crippen LogP contribution >= 0.6 is 11.6 Å². The molecule has 1 aromatic carbocycles. The molecule has 0 saturated heterocycles. The zero-order valence-electron chi connectivity index (χ0n) is 11.4. The first kappa shape index (κ1) is 13.1. The van der Waals surface area contributed by atoms with Gasteiger partial charge >= 0.3 is 0 Å². The Hall–Kier alpha value is -1.88. The van der Waals surface area contributed by atoms with Crippen LogP contribution in [-0.4, -0.2) is 19.3 Å². The van der Waals surface area contributed by atoms with Crippen LogP contribution in [0.4, 0.5) is 4.39 Å². The van der Waals surface area contributed by atoms with Crippen molar-refractivity contribution in [2.24, 2.45) is 7.05 Å². The molecule has 0 radical (unpaired) electrons. The number of aromatic nitrogens is 4. The van der Waals surface area contributed by atoms with Gasteiger partial charge in [0.1, 0.15) is 11.6 Å². The Morgan fingerprint density at radius 1 is 1.35 bits per heavy atom. The SMILES string of the molecule is Cc1cc2c(cc1F)nc(C(C)Cl)n2-c1ccn(C)n1. The van der Waals surface area contributed by atoms with Crippen LogP contribution in [0.2, 0.25) is 0 Å². The number of halogens is 2. The molecule has 0 spiro atoms. The molecule has 6 heteroatoms. The van der Waals surface area contributed by atoms with E-state index >= 15 is 0 Å². The second kappa shape index (κ2) is 4.59. The van der Waals surface area contributed by atoms with Gasteiger partial charge in [0.05, 0.1) is 16.4 Å². The fourth-order valence-corrected chi connectivity index (χ4v) is 2.40. The molecule has 20 heavy (non-hydrogen) atoms. The van der Waals surface area contributed by atoms with Gasteiger partial charge in [-0.2, -0.15) is 5.10 Å². The Kier molecular flexibility index (Phi) is 3.01. The number of imidazole rings is 1. The molecular weight excluding hydrogens is 279 g/mol. The van der Waals surface area contributed by atoms with Crippen LogP contribution < -0.4 is 0 Å². The third kappa shape index (κ3) is 1.98. The number of rotatable bonds is 2. The normalized spacial score (nSPS) is 13.1. The number of fused-ring (bicyclic) bond motifs is 1. The van der Waals surface area contributed by atoms with Crippen LogP contribution in [0.3, 0.4) is 0 Å². The number of alkyl halides is 1. The highest BCUT2D eigenvalue weighted by molar-refractivity contribution is 6.20. The molecule has 3 aromatic rings. The van der Waals surface area contributed by atoms with E-state index in [0.29, 0.717) is 16.9 Å². The quantitative estimate of drug-likeness (QED) is 0.678. The molecule has 0 fully saturated rings. The lowest BCUT2D eigenvalue weighted by Crippen LogP contribution is -2.03. The Morgan fingerprint density at radius 3 is 2.70 bits per heavy atom. The molecule has 0 aliphatic heterocycles. The predicted octanol–water partition coefficient (Wildman–Crippen LogP) is 3.51. The van der Waals surface area contributed by atoms with Gasteiger partial charge in [-0.05, 0) is 25.5 Å². The minimum Gasteiger partial charge on any atom is -0.278 e. The average Bonchev–Trinajstić information content (AvgIpc) is 2.94. The van der Waals surface area contributed by atoms with Crippen molar-refractivity contribution in [1.29, 1.82) is 0 Å². The van der Waals surface area contributed by atoms with E-state index in [1.165, 1.54) is 6.07 Å². The molecule has 1 unspecified atom stereocenters. The summed E-state index contributed by atoms with van der Waals surface area (Å²) in [5.74, 6) is 1.12. The molecular formula is C14H14ClFN4. The van der Waals surface area contributed by atoms with Gasteiger partial charge in [-0.15, -0.1) is 11.6 Å². The lowest BCUT2D eigenvalue weighted by atomic mass is 10.2. The van der Waals surface area contributed by atoms with E-state index in [4.69, 9.17) is 11.6 Å². The first-order chi connectivity index (χ1) is 9.47. The molecule has 2 aromatic heterocycles. The lowest BCUT2D eigenvalue weighted by molar-refractivity contribution is 0.620. The fraction of sp³-hybridized carbons (Fsp3) is 0.286. The van der Waals surface area contributed by atoms with E-state index in [1.807, 2.05) is 30.8 Å². The third-order valence-corrected chi connectivity index (χ3v) is 3.44. The molecule has 4 nitrogen and oxygen atoms in total. The Balaban J connectivity index is 2.37. The molecule has 0 bridgehead atoms. The first-order valence-corrected chi connectivity index (χ1v) is 6.73. The summed E-state index contributed by atoms with van der Waals surface area (Å²) < 4.78 is 17.3. The molecule has 3 rings (SSSR count). The maximum atomic E-state index is 13.7. The van der Waals surface area contributed by atoms with E-state index in [-0.39, 0.29) is 11.2 Å². The number of nitrogens with zero attached hydrogens (tertiary/aromatic N) is 4. The highest BCUT2D eigenvalue weighted by atomic mass is 35.5. The number of hydrogen-bond donors (Lipinski definition) is 0. The molecule has 0 N–H and O–H groups in total. The van der Waals surface area contributed by atoms with Gasteiger partial charge in [0.2, 0.25) is 0 Å². The van der Waals surface area contributed by atoms with Crippen LogP contribution in [0.15, 0.2) is 24.4 Å². The summed E-state index contributed by atoms with van der Waals surface area (Å²) in [5, 5.41) is 4.09. The number of hydrogen-bond acceptors (Lipinski definition) is 2. The predicted molar refractivity (Wildman–Crippen MR) is 76.8 cm³/mol. The zero-order valence-corrected chi connectivity index (χ0v) is 12.2. The summed E-state index contributed by atoms with van der Waals surface area (Å²) >= 11 is 6.20. The zero-order chi connectivity index (χ0) is 14.4. The first-order valence-electron chi connectivity index (χ1n) is 6.30. The highest BCUT2D eigenvalue weighted by Crippen LogP contribution is 2.28. The average molecular weight is 293 g/mol. The smallest absolute Gasteiger partial charge is 0.160 e. The minimum absolute atomic E-state index is 0.267. The molecule has 2 heterocycles. The molecule has 104 valence electrons. The Bertz CT molecular complexity index is 788. The molecule has 0 saturated carbocycles. The topological polar surface area (TPSA) is 35.6 Å². The monoisotopic (exact) mass is 292 g/mol. The summed E-state index contributed by atoms with van der Waals surface area (Å²) in [6.07, 6.45) is 1.85. The van der Waals surface area contributed by atoms with Crippen LogP contribution in [0.5, 0.6) is 0 Å². The van der Waals surface area contributed by atoms with Gasteiger partial charge in [-0.3, -0.25) is 9.25 Å². The van der Waals surface area contributed by atoms with Crippen molar-refractivity contribution >= 4 is 22.6 Å². The summed E-state index contributed by atoms with van der Waals surface area (Å²) in [4.78, 5) is 4.44. The highest BCUT2D eigenvalue weighted by Gasteiger charge is 2.18. The van der Waals surface area contributed by atoms with E-state index in [2.05, 4.69) is 10.1 Å². The van der Waals surface area contributed by atoms with Crippen LogP contribution in [0.25, 0.3) is 16.9 Å². The van der Waals surface area contributed by atoms with Crippen LogP contribution in [-0.2, 0) is 7.05 Å². The fourth-order valence-electron chi connectivity index (χ4n) is 2.25. The van der Waals surface area contributed by atoms with E-state index < -0.39 is 0 Å². The van der Waals surface area contributed by atoms with Crippen molar-refractivity contribution in [1.82, 2.24) is 19.3 Å². The van der Waals surface area contributed by atoms with Crippen molar-refractivity contribution in [2.45, 2.75) is 19.2 Å².